The molecule has 29 nitrogen and oxygen atoms in total. The van der Waals surface area contributed by atoms with Gasteiger partial charge in [0.05, 0.1) is 36.6 Å². The van der Waals surface area contributed by atoms with E-state index >= 15 is 0 Å². The summed E-state index contributed by atoms with van der Waals surface area (Å²) in [5.41, 5.74) is 8.58. The number of carbonyl (C=O) groups excluding carboxylic acids is 7. The van der Waals surface area contributed by atoms with Gasteiger partial charge in [0, 0.05) is 80.3 Å². The molecule has 4 aromatic rings. The first-order chi connectivity index (χ1) is 41.1. The first-order valence-corrected chi connectivity index (χ1v) is 29.5. The smallest absolute Gasteiger partial charge is 0.261 e. The van der Waals surface area contributed by atoms with E-state index in [1.165, 1.54) is 48.9 Å². The van der Waals surface area contributed by atoms with E-state index in [-0.39, 0.29) is 48.7 Å². The number of benzene rings is 3. The van der Waals surface area contributed by atoms with Crippen LogP contribution in [0.2, 0.25) is 0 Å². The number of hydrogen-bond donors (Lipinski definition) is 14. The molecule has 4 aliphatic rings. The topological polar surface area (TPSA) is 431 Å². The van der Waals surface area contributed by atoms with E-state index in [9.17, 15) is 69.3 Å². The molecule has 4 saturated heterocycles. The molecule has 4 aliphatic heterocycles. The summed E-state index contributed by atoms with van der Waals surface area (Å²) in [4.78, 5) is 105. The molecule has 86 heavy (non-hydrogen) atoms. The number of fused-ring (bicyclic) bond motifs is 2. The summed E-state index contributed by atoms with van der Waals surface area (Å²) in [6, 6.07) is 6.78. The number of phenols is 1. The van der Waals surface area contributed by atoms with Crippen molar-refractivity contribution in [1.29, 1.82) is 0 Å². The maximum absolute atomic E-state index is 14.7. The Bertz CT molecular complexity index is 3030. The molecule has 8 rings (SSSR count). The van der Waals surface area contributed by atoms with Gasteiger partial charge in [-0.25, -0.2) is 5.26 Å². The van der Waals surface area contributed by atoms with Gasteiger partial charge in [-0.3, -0.25) is 33.6 Å². The second kappa shape index (κ2) is 29.5. The normalized spacial score (nSPS) is 26.7. The van der Waals surface area contributed by atoms with Crippen molar-refractivity contribution < 1.29 is 88.1 Å². The third kappa shape index (κ3) is 15.7. The largest absolute Gasteiger partial charge is 0.504 e. The van der Waals surface area contributed by atoms with Gasteiger partial charge in [0.1, 0.15) is 46.3 Å². The third-order valence-electron chi connectivity index (χ3n) is 15.5. The van der Waals surface area contributed by atoms with Crippen LogP contribution in [-0.4, -0.2) is 214 Å². The standard InChI is InChI=1S/C55H71N11O18S2/c1-27-25-66-45(46(27)73)51(78)57-24-34(68)22-36(58-47(74)30-7-9-31(10-8-30)52-62-63-53(85-52)32-11-13-33(14-12-32)64-18-4-3-5-19-64)48(75)59-42(28(2)67)54(79)65-26-35(69)23-37(65)49(76)60-43(50(77)61-44(55(66)80)39(71)16-17-56)40(72)20-29-6-15-38(70)41(21-29)82-86-84-83-81/h6-15,21,27-28,34-37,39-40,42-46,67-73,81H,3-5,16-20,22-26,56H2,1-2H3,(H,57,78)(H,58,74)(H,59,75)(H,60,76)(H,61,77)/t27-,28+,34+,35+,36+,37+,39-,40-,42+,43+,44+,45+,46+/m1/s1. The van der Waals surface area contributed by atoms with Crippen LogP contribution in [0.5, 0.6) is 11.5 Å². The molecule has 4 fully saturated rings. The fourth-order valence-corrected chi connectivity index (χ4v) is 12.0. The van der Waals surface area contributed by atoms with Gasteiger partial charge in [0.2, 0.25) is 35.4 Å². The summed E-state index contributed by atoms with van der Waals surface area (Å²) in [6.07, 6.45) is -8.66. The molecule has 0 unspecified atom stereocenters. The Kier molecular flexibility index (Phi) is 22.2. The molecular weight excluding hydrogens is 1170 g/mol. The monoisotopic (exact) mass is 1240 g/mol. The number of aromatic nitrogens is 2. The Balaban J connectivity index is 1.08. The number of aliphatic hydroxyl groups is 6. The van der Waals surface area contributed by atoms with E-state index in [2.05, 4.69) is 63.2 Å². The van der Waals surface area contributed by atoms with Crippen LogP contribution in [0.15, 0.2) is 66.7 Å². The lowest BCUT2D eigenvalue weighted by Crippen LogP contribution is -2.64. The minimum atomic E-state index is -2.10. The van der Waals surface area contributed by atoms with Crippen LogP contribution in [0.1, 0.15) is 68.3 Å². The number of anilines is 1. The van der Waals surface area contributed by atoms with Gasteiger partial charge in [-0.15, -0.1) is 10.2 Å². The number of carbonyl (C=O) groups is 7. The van der Waals surface area contributed by atoms with Crippen LogP contribution in [0.4, 0.5) is 5.69 Å². The molecule has 1 aromatic heterocycles. The van der Waals surface area contributed by atoms with Crippen LogP contribution < -0.4 is 41.4 Å². The molecule has 15 N–H and O–H groups in total. The Morgan fingerprint density at radius 2 is 1.42 bits per heavy atom. The SMILES string of the molecule is C[C@H](O)[C@@H]1NC(=O)[C@@H](NC(=O)c2ccc(-c3nnc(-c4ccc(N5CCCCC5)cc4)s3)cc2)C[C@H](O)CNC(=O)[C@@H]2[C@@H](O)[C@H](C)CN2C(=O)[C@H]([C@H](O)CCN)NC(=O)[C@H]([C@H](O)Cc2ccc(O)c(OSOOO)c2)NC(=O)[C@@H]2C[C@H](O)CN2C1=O. The average Bonchev–Trinajstić information content (AvgIpc) is 2.20. The fraction of sp³-hybridized carbons (Fsp3) is 0.509. The van der Waals surface area contributed by atoms with Gasteiger partial charge >= 0.3 is 0 Å². The Morgan fingerprint density at radius 3 is 2.07 bits per heavy atom. The zero-order valence-corrected chi connectivity index (χ0v) is 48.5. The third-order valence-corrected chi connectivity index (χ3v) is 16.9. The lowest BCUT2D eigenvalue weighted by Gasteiger charge is -2.34. The summed E-state index contributed by atoms with van der Waals surface area (Å²) in [6.45, 7) is 2.89. The number of phenolic OH excluding ortho intramolecular Hbond substituents is 1. The zero-order chi connectivity index (χ0) is 61.9. The summed E-state index contributed by atoms with van der Waals surface area (Å²) in [7, 11) is 0. The molecule has 0 aliphatic carbocycles. The minimum Gasteiger partial charge on any atom is -0.504 e. The highest BCUT2D eigenvalue weighted by atomic mass is 32.2. The minimum absolute atomic E-state index is 0.0361. The number of piperidine rings is 1. The van der Waals surface area contributed by atoms with Gasteiger partial charge < -0.3 is 86.9 Å². The lowest BCUT2D eigenvalue weighted by molar-refractivity contribution is -0.433. The van der Waals surface area contributed by atoms with Crippen LogP contribution >= 0.6 is 23.7 Å². The van der Waals surface area contributed by atoms with Crippen molar-refractivity contribution in [3.63, 3.8) is 0 Å². The van der Waals surface area contributed by atoms with Crippen molar-refractivity contribution in [2.24, 2.45) is 11.7 Å². The number of nitrogens with two attached hydrogens (primary N) is 1. The maximum atomic E-state index is 14.7. The highest BCUT2D eigenvalue weighted by Gasteiger charge is 2.50. The summed E-state index contributed by atoms with van der Waals surface area (Å²) in [5.74, 6) is -9.27. The van der Waals surface area contributed by atoms with Gasteiger partial charge in [-0.05, 0) is 93.2 Å². The molecular formula is C55H71N11O18S2. The zero-order valence-electron chi connectivity index (χ0n) is 46.8. The van der Waals surface area contributed by atoms with E-state index in [1.807, 2.05) is 12.1 Å². The summed E-state index contributed by atoms with van der Waals surface area (Å²) >= 11 is 1.42. The Morgan fingerprint density at radius 1 is 0.779 bits per heavy atom. The second-order valence-corrected chi connectivity index (χ2v) is 23.2. The van der Waals surface area contributed by atoms with E-state index in [0.717, 1.165) is 60.0 Å². The average molecular weight is 1240 g/mol. The van der Waals surface area contributed by atoms with E-state index in [0.29, 0.717) is 15.6 Å². The molecule has 0 saturated carbocycles. The predicted octanol–water partition coefficient (Wildman–Crippen LogP) is -1.77. The van der Waals surface area contributed by atoms with Crippen LogP contribution in [0, 0.1) is 5.92 Å². The van der Waals surface area contributed by atoms with Gasteiger partial charge in [0.25, 0.3) is 18.2 Å². The number of amides is 7. The van der Waals surface area contributed by atoms with Crippen molar-refractivity contribution in [2.45, 2.75) is 132 Å². The Hall–Kier alpha value is -7.14. The van der Waals surface area contributed by atoms with Gasteiger partial charge in [-0.1, -0.05) is 45.8 Å². The summed E-state index contributed by atoms with van der Waals surface area (Å²) < 4.78 is 9.33. The number of hydrogen-bond acceptors (Lipinski definition) is 24. The highest BCUT2D eigenvalue weighted by Crippen LogP contribution is 2.34. The number of β-amino-alcohol motifs (C(OH)–C–C–N with tert-alkyl or cyclic N) is 1. The van der Waals surface area contributed by atoms with Crippen LogP contribution in [0.3, 0.4) is 0 Å². The number of rotatable bonds is 16. The molecule has 7 amide bonds. The number of aliphatic hydroxyl groups excluding tert-OH is 6. The second-order valence-electron chi connectivity index (χ2n) is 21.8. The van der Waals surface area contributed by atoms with E-state index < -0.39 is 158 Å². The van der Waals surface area contributed by atoms with Crippen molar-refractivity contribution in [1.82, 2.24) is 46.6 Å². The molecule has 5 heterocycles. The lowest BCUT2D eigenvalue weighted by atomic mass is 9.98. The van der Waals surface area contributed by atoms with Crippen molar-refractivity contribution >= 4 is 70.7 Å². The number of nitrogens with one attached hydrogen (secondary N) is 5. The molecule has 31 heteroatoms. The van der Waals surface area contributed by atoms with E-state index in [1.54, 1.807) is 12.1 Å². The molecule has 13 atom stereocenters. The van der Waals surface area contributed by atoms with Crippen LogP contribution in [0.25, 0.3) is 21.1 Å². The fourth-order valence-electron chi connectivity index (χ4n) is 10.9. The quantitative estimate of drug-likeness (QED) is 0.0255. The van der Waals surface area contributed by atoms with Crippen LogP contribution in [-0.2, 0) is 44.6 Å². The molecule has 0 bridgehead atoms. The first kappa shape index (κ1) is 64.8. The molecule has 0 spiro atoms. The van der Waals surface area contributed by atoms with E-state index in [4.69, 9.17) is 15.2 Å². The van der Waals surface area contributed by atoms with Crippen molar-refractivity contribution in [3.05, 3.63) is 77.9 Å². The highest BCUT2D eigenvalue weighted by molar-refractivity contribution is 7.90. The van der Waals surface area contributed by atoms with Gasteiger partial charge in [-0.2, -0.15) is 0 Å². The molecule has 0 radical (unpaired) electrons. The summed E-state index contributed by atoms with van der Waals surface area (Å²) in [5, 5.41) is 113. The maximum Gasteiger partial charge on any atom is 0.261 e. The first-order valence-electron chi connectivity index (χ1n) is 28.0. The predicted molar refractivity (Wildman–Crippen MR) is 307 cm³/mol. The molecule has 3 aromatic carbocycles. The van der Waals surface area contributed by atoms with Crippen molar-refractivity contribution in [3.8, 4) is 32.6 Å². The van der Waals surface area contributed by atoms with Crippen molar-refractivity contribution in [2.75, 3.05) is 44.2 Å². The number of aromatic hydroxyl groups is 1. The number of nitrogens with zero attached hydrogens (tertiary/aromatic N) is 5. The van der Waals surface area contributed by atoms with Gasteiger partial charge in [0.15, 0.2) is 11.5 Å². The Labute approximate surface area is 501 Å². The molecule has 466 valence electrons.